The Morgan fingerprint density at radius 2 is 0.753 bits per heavy atom. The van der Waals surface area contributed by atoms with Crippen molar-refractivity contribution >= 4 is 61.7 Å². The molecule has 0 unspecified atom stereocenters. The van der Waals surface area contributed by atoms with E-state index in [4.69, 9.17) is 4.74 Å². The Morgan fingerprint density at radius 1 is 0.309 bits per heavy atom. The number of hydrogen-bond acceptors (Lipinski definition) is 2. The quantitative estimate of drug-likeness (QED) is 0.111. The number of benzene rings is 13. The van der Waals surface area contributed by atoms with Crippen molar-refractivity contribution in [2.75, 3.05) is 4.90 Å². The van der Waals surface area contributed by atoms with Crippen molar-refractivity contribution in [1.82, 2.24) is 0 Å². The molecule has 13 aromatic carbocycles. The molecule has 2 aliphatic rings. The minimum Gasteiger partial charge on any atom is -0.458 e. The summed E-state index contributed by atoms with van der Waals surface area (Å²) >= 11 is 0. The molecule has 0 N–H and O–H groups in total. The first kappa shape index (κ1) is 48.2. The molecule has 13 aromatic rings. The average molecular weight is 1030 g/mol. The molecule has 0 atom stereocenters. The highest BCUT2D eigenvalue weighted by atomic mass is 16.5. The van der Waals surface area contributed by atoms with Gasteiger partial charge in [0, 0.05) is 22.5 Å². The van der Waals surface area contributed by atoms with Gasteiger partial charge in [0.25, 0.3) is 6.71 Å². The molecule has 0 fully saturated rings. The fourth-order valence-corrected chi connectivity index (χ4v) is 13.0. The van der Waals surface area contributed by atoms with Crippen LogP contribution in [0.15, 0.2) is 285 Å². The van der Waals surface area contributed by atoms with Crippen molar-refractivity contribution in [3.05, 3.63) is 291 Å². The van der Waals surface area contributed by atoms with Crippen molar-refractivity contribution in [3.8, 4) is 89.4 Å². The number of nitrogens with zero attached hydrogens (tertiary/aromatic N) is 1. The summed E-state index contributed by atoms with van der Waals surface area (Å²) < 4.78 is 7.26. The molecule has 0 aromatic heterocycles. The molecule has 0 radical (unpaired) electrons. The van der Waals surface area contributed by atoms with Gasteiger partial charge in [-0.25, -0.2) is 0 Å². The van der Waals surface area contributed by atoms with Crippen molar-refractivity contribution in [2.24, 2.45) is 0 Å². The maximum Gasteiger partial charge on any atom is 0.256 e. The largest absolute Gasteiger partial charge is 0.458 e. The van der Waals surface area contributed by atoms with E-state index in [1.54, 1.807) is 0 Å². The van der Waals surface area contributed by atoms with Gasteiger partial charge in [-0.1, -0.05) is 263 Å². The van der Waals surface area contributed by atoms with E-state index in [1.165, 1.54) is 88.1 Å². The van der Waals surface area contributed by atoms with E-state index in [1.807, 2.05) is 0 Å². The van der Waals surface area contributed by atoms with Crippen LogP contribution in [0.3, 0.4) is 0 Å². The maximum atomic E-state index is 7.26. The smallest absolute Gasteiger partial charge is 0.256 e. The van der Waals surface area contributed by atoms with E-state index >= 15 is 0 Å². The summed E-state index contributed by atoms with van der Waals surface area (Å²) in [6.45, 7) is 6.81. The van der Waals surface area contributed by atoms with Gasteiger partial charge in [-0.15, -0.1) is 0 Å². The fourth-order valence-electron chi connectivity index (χ4n) is 13.0. The predicted octanol–water partition coefficient (Wildman–Crippen LogP) is 19.4. The van der Waals surface area contributed by atoms with E-state index in [9.17, 15) is 0 Å². The molecule has 0 spiro atoms. The highest BCUT2D eigenvalue weighted by molar-refractivity contribution is 6.99. The lowest BCUT2D eigenvalue weighted by Crippen LogP contribution is -2.59. The third kappa shape index (κ3) is 8.27. The Labute approximate surface area is 475 Å². The molecule has 0 saturated carbocycles. The van der Waals surface area contributed by atoms with Gasteiger partial charge in [0.2, 0.25) is 0 Å². The monoisotopic (exact) mass is 1030 g/mol. The van der Waals surface area contributed by atoms with Crippen LogP contribution in [0, 0.1) is 0 Å². The van der Waals surface area contributed by atoms with Crippen LogP contribution in [-0.2, 0) is 5.41 Å². The van der Waals surface area contributed by atoms with E-state index in [0.29, 0.717) is 0 Å². The van der Waals surface area contributed by atoms with Crippen LogP contribution in [0.4, 0.5) is 17.1 Å². The normalized spacial score (nSPS) is 12.4. The topological polar surface area (TPSA) is 12.5 Å². The number of fused-ring (bicyclic) bond motifs is 6. The standard InChI is InChI=1S/C78H56BNO/c1-78(2,3)61-49-71-76-73(50-61)81-72-43-41-56(51-24-9-4-10-25-51)47-69(72)79(76)68-42-40-57(48-70(68)80(71)77-62(54-30-15-7-16-31-54)38-23-39-63(77)55-32-17-8-18-33-55)74-64-34-19-21-36-66(64)75(67-37-22-20-35-65(67)74)60-45-58(52-26-11-5-12-27-52)44-59(46-60)53-28-13-6-14-29-53/h4-50H,1-3H3. The van der Waals surface area contributed by atoms with Gasteiger partial charge < -0.3 is 9.64 Å². The summed E-state index contributed by atoms with van der Waals surface area (Å²) in [5, 5.41) is 4.83. The van der Waals surface area contributed by atoms with Crippen molar-refractivity contribution in [1.29, 1.82) is 0 Å². The molecular weight excluding hydrogens is 978 g/mol. The van der Waals surface area contributed by atoms with Gasteiger partial charge in [0.05, 0.1) is 5.69 Å². The van der Waals surface area contributed by atoms with Crippen molar-refractivity contribution in [2.45, 2.75) is 26.2 Å². The second-order valence-corrected chi connectivity index (χ2v) is 22.7. The lowest BCUT2D eigenvalue weighted by molar-refractivity contribution is 0.483. The molecule has 2 aliphatic heterocycles. The summed E-state index contributed by atoms with van der Waals surface area (Å²) in [4.78, 5) is 2.61. The second kappa shape index (κ2) is 19.4. The summed E-state index contributed by atoms with van der Waals surface area (Å²) in [7, 11) is 0. The maximum absolute atomic E-state index is 7.26. The molecule has 382 valence electrons. The average Bonchev–Trinajstić information content (AvgIpc) is 2.33. The number of para-hydroxylation sites is 1. The Bertz CT molecular complexity index is 4390. The zero-order valence-electron chi connectivity index (χ0n) is 45.6. The minimum atomic E-state index is -0.196. The molecular formula is C78H56BNO. The Hall–Kier alpha value is -9.96. The molecule has 0 bridgehead atoms. The van der Waals surface area contributed by atoms with Crippen molar-refractivity contribution in [3.63, 3.8) is 0 Å². The Balaban J connectivity index is 1.04. The van der Waals surface area contributed by atoms with Gasteiger partial charge in [0.15, 0.2) is 0 Å². The van der Waals surface area contributed by atoms with Crippen LogP contribution in [0.25, 0.3) is 99.4 Å². The predicted molar refractivity (Wildman–Crippen MR) is 344 cm³/mol. The molecule has 2 heterocycles. The first-order chi connectivity index (χ1) is 39.8. The van der Waals surface area contributed by atoms with E-state index in [0.717, 1.165) is 61.8 Å². The van der Waals surface area contributed by atoms with Gasteiger partial charge in [-0.3, -0.25) is 0 Å². The third-order valence-electron chi connectivity index (χ3n) is 16.8. The molecule has 0 saturated heterocycles. The van der Waals surface area contributed by atoms with Crippen molar-refractivity contribution < 1.29 is 4.74 Å². The number of ether oxygens (including phenoxy) is 1. The highest BCUT2D eigenvalue weighted by Crippen LogP contribution is 2.52. The zero-order chi connectivity index (χ0) is 54.2. The van der Waals surface area contributed by atoms with Crippen LogP contribution in [0.1, 0.15) is 26.3 Å². The van der Waals surface area contributed by atoms with Gasteiger partial charge in [0.1, 0.15) is 11.5 Å². The summed E-state index contributed by atoms with van der Waals surface area (Å²) in [5.74, 6) is 1.79. The number of anilines is 3. The molecule has 15 rings (SSSR count). The SMILES string of the molecule is CC(C)(C)c1cc2c3c(c1)N(c1c(-c4ccccc4)cccc1-c1ccccc1)c1cc(-c4c5ccccc5c(-c5cc(-c6ccccc6)cc(-c6ccccc6)c5)c5ccccc45)ccc1B3c1cc(-c3ccccc3)ccc1O2. The highest BCUT2D eigenvalue weighted by Gasteiger charge is 2.44. The molecule has 2 nitrogen and oxygen atoms in total. The van der Waals surface area contributed by atoms with Crippen LogP contribution in [-0.4, -0.2) is 6.71 Å². The third-order valence-corrected chi connectivity index (χ3v) is 16.8. The van der Waals surface area contributed by atoms with Crippen LogP contribution in [0.2, 0.25) is 0 Å². The first-order valence-electron chi connectivity index (χ1n) is 28.3. The van der Waals surface area contributed by atoms with E-state index in [2.05, 4.69) is 311 Å². The Morgan fingerprint density at radius 3 is 1.26 bits per heavy atom. The zero-order valence-corrected chi connectivity index (χ0v) is 45.6. The van der Waals surface area contributed by atoms with Crippen LogP contribution in [0.5, 0.6) is 11.5 Å². The van der Waals surface area contributed by atoms with E-state index < -0.39 is 0 Å². The summed E-state index contributed by atoms with van der Waals surface area (Å²) in [6.07, 6.45) is 0. The fraction of sp³-hybridized carbons (Fsp3) is 0.0513. The summed E-state index contributed by atoms with van der Waals surface area (Å²) in [6, 6.07) is 105. The van der Waals surface area contributed by atoms with Gasteiger partial charge >= 0.3 is 0 Å². The summed E-state index contributed by atoms with van der Waals surface area (Å²) in [5.41, 5.74) is 24.5. The van der Waals surface area contributed by atoms with Crippen LogP contribution < -0.4 is 26.0 Å². The minimum absolute atomic E-state index is 0.132. The van der Waals surface area contributed by atoms with E-state index in [-0.39, 0.29) is 12.1 Å². The molecule has 0 aliphatic carbocycles. The lowest BCUT2D eigenvalue weighted by atomic mass is 9.34. The molecule has 81 heavy (non-hydrogen) atoms. The number of rotatable bonds is 8. The molecule has 3 heteroatoms. The van der Waals surface area contributed by atoms with Gasteiger partial charge in [-0.2, -0.15) is 0 Å². The first-order valence-corrected chi connectivity index (χ1v) is 28.3. The second-order valence-electron chi connectivity index (χ2n) is 22.7. The lowest BCUT2D eigenvalue weighted by Gasteiger charge is -2.42. The van der Waals surface area contributed by atoms with Crippen LogP contribution >= 0.6 is 0 Å². The number of hydrogen-bond donors (Lipinski definition) is 0. The Kier molecular flexibility index (Phi) is 11.6. The molecule has 0 amide bonds. The van der Waals surface area contributed by atoms with Gasteiger partial charge in [-0.05, 0) is 158 Å².